The molecule has 2 nitrogen and oxygen atoms in total. The molecule has 106 valence electrons. The van der Waals surface area contributed by atoms with Crippen molar-refractivity contribution in [3.63, 3.8) is 0 Å². The van der Waals surface area contributed by atoms with Crippen molar-refractivity contribution in [1.29, 1.82) is 0 Å². The second-order valence-corrected chi connectivity index (χ2v) is 6.02. The minimum atomic E-state index is -0.0209. The molecule has 0 aromatic heterocycles. The van der Waals surface area contributed by atoms with E-state index in [2.05, 4.69) is 21.2 Å². The Morgan fingerprint density at radius 1 is 1.25 bits per heavy atom. The summed E-state index contributed by atoms with van der Waals surface area (Å²) in [4.78, 5) is 0. The number of hydrogen-bond donors (Lipinski definition) is 1. The zero-order valence-electron chi connectivity index (χ0n) is 11.5. The Morgan fingerprint density at radius 3 is 2.70 bits per heavy atom. The molecule has 1 N–H and O–H groups in total. The molecule has 4 heteroatoms. The lowest BCUT2D eigenvalue weighted by atomic mass is 10.1. The van der Waals surface area contributed by atoms with Crippen molar-refractivity contribution >= 4 is 33.2 Å². The molecule has 0 radical (unpaired) electrons. The number of halogens is 2. The first-order valence-corrected chi connectivity index (χ1v) is 7.64. The number of anilines is 1. The molecule has 1 unspecified atom stereocenters. The topological polar surface area (TPSA) is 21.3 Å². The van der Waals surface area contributed by atoms with Gasteiger partial charge in [-0.25, -0.2) is 0 Å². The average molecular weight is 355 g/mol. The Labute approximate surface area is 133 Å². The van der Waals surface area contributed by atoms with E-state index in [1.165, 1.54) is 0 Å². The number of ether oxygens (including phenoxy) is 1. The number of methoxy groups -OCH3 is 1. The van der Waals surface area contributed by atoms with Gasteiger partial charge in [0.1, 0.15) is 5.75 Å². The van der Waals surface area contributed by atoms with E-state index in [0.29, 0.717) is 6.54 Å². The third-order valence-corrected chi connectivity index (χ3v) is 4.12. The van der Waals surface area contributed by atoms with Crippen molar-refractivity contribution in [1.82, 2.24) is 0 Å². The standard InChI is InChI=1S/C16H17BrClNO/c1-11(18)14-5-3-4-6-16(14)19-10-12-9-13(20-2)7-8-15(12)17/h3-9,11,19H,10H2,1-2H3. The Hall–Kier alpha value is -1.19. The molecular weight excluding hydrogens is 338 g/mol. The first kappa shape index (κ1) is 15.2. The van der Waals surface area contributed by atoms with Gasteiger partial charge in [-0.2, -0.15) is 0 Å². The van der Waals surface area contributed by atoms with Gasteiger partial charge in [-0.1, -0.05) is 34.1 Å². The van der Waals surface area contributed by atoms with E-state index < -0.39 is 0 Å². The highest BCUT2D eigenvalue weighted by Crippen LogP contribution is 2.28. The third kappa shape index (κ3) is 3.68. The van der Waals surface area contributed by atoms with Crippen molar-refractivity contribution in [2.45, 2.75) is 18.8 Å². The van der Waals surface area contributed by atoms with Crippen LogP contribution in [0.4, 0.5) is 5.69 Å². The van der Waals surface area contributed by atoms with E-state index in [1.807, 2.05) is 49.4 Å². The number of para-hydroxylation sites is 1. The van der Waals surface area contributed by atoms with Gasteiger partial charge < -0.3 is 10.1 Å². The Morgan fingerprint density at radius 2 is 2.00 bits per heavy atom. The molecular formula is C16H17BrClNO. The van der Waals surface area contributed by atoms with E-state index in [1.54, 1.807) is 7.11 Å². The predicted molar refractivity (Wildman–Crippen MR) is 88.7 cm³/mol. The fraction of sp³-hybridized carbons (Fsp3) is 0.250. The summed E-state index contributed by atoms with van der Waals surface area (Å²) in [7, 11) is 1.67. The van der Waals surface area contributed by atoms with E-state index in [9.17, 15) is 0 Å². The van der Waals surface area contributed by atoms with Gasteiger partial charge >= 0.3 is 0 Å². The van der Waals surface area contributed by atoms with Gasteiger partial charge in [0.15, 0.2) is 0 Å². The normalized spacial score (nSPS) is 12.0. The smallest absolute Gasteiger partial charge is 0.119 e. The number of benzene rings is 2. The molecule has 0 spiro atoms. The van der Waals surface area contributed by atoms with Crippen LogP contribution >= 0.6 is 27.5 Å². The Bertz CT molecular complexity index is 586. The van der Waals surface area contributed by atoms with Crippen LogP contribution in [0.1, 0.15) is 23.4 Å². The summed E-state index contributed by atoms with van der Waals surface area (Å²) in [5.41, 5.74) is 3.30. The maximum absolute atomic E-state index is 6.20. The quantitative estimate of drug-likeness (QED) is 0.729. The van der Waals surface area contributed by atoms with Gasteiger partial charge in [-0.3, -0.25) is 0 Å². The molecule has 0 aliphatic rings. The van der Waals surface area contributed by atoms with Crippen LogP contribution in [0.5, 0.6) is 5.75 Å². The lowest BCUT2D eigenvalue weighted by Gasteiger charge is -2.14. The average Bonchev–Trinajstić information content (AvgIpc) is 2.46. The van der Waals surface area contributed by atoms with Crippen molar-refractivity contribution in [3.8, 4) is 5.75 Å². The second-order valence-electron chi connectivity index (χ2n) is 4.51. The molecule has 0 aliphatic carbocycles. The van der Waals surface area contributed by atoms with Crippen LogP contribution in [0.15, 0.2) is 46.9 Å². The van der Waals surface area contributed by atoms with Crippen LogP contribution in [0, 0.1) is 0 Å². The van der Waals surface area contributed by atoms with Crippen LogP contribution in [0.3, 0.4) is 0 Å². The second kappa shape index (κ2) is 7.00. The fourth-order valence-corrected chi connectivity index (χ4v) is 2.59. The minimum absolute atomic E-state index is 0.0209. The first-order valence-electron chi connectivity index (χ1n) is 6.41. The highest BCUT2D eigenvalue weighted by Gasteiger charge is 2.08. The summed E-state index contributed by atoms with van der Waals surface area (Å²) in [6.07, 6.45) is 0. The predicted octanol–water partition coefficient (Wildman–Crippen LogP) is 5.37. The Balaban J connectivity index is 2.17. The number of rotatable bonds is 5. The summed E-state index contributed by atoms with van der Waals surface area (Å²) in [6, 6.07) is 14.0. The number of nitrogens with one attached hydrogen (secondary N) is 1. The van der Waals surface area contributed by atoms with E-state index in [-0.39, 0.29) is 5.38 Å². The van der Waals surface area contributed by atoms with Crippen LogP contribution in [0.25, 0.3) is 0 Å². The van der Waals surface area contributed by atoms with Gasteiger partial charge in [-0.05, 0) is 42.3 Å². The lowest BCUT2D eigenvalue weighted by Crippen LogP contribution is -2.03. The molecule has 20 heavy (non-hydrogen) atoms. The molecule has 0 aliphatic heterocycles. The molecule has 0 heterocycles. The molecule has 0 saturated carbocycles. The summed E-state index contributed by atoms with van der Waals surface area (Å²) in [6.45, 7) is 2.68. The van der Waals surface area contributed by atoms with Crippen LogP contribution in [0.2, 0.25) is 0 Å². The zero-order chi connectivity index (χ0) is 14.5. The van der Waals surface area contributed by atoms with Gasteiger partial charge in [0, 0.05) is 16.7 Å². The summed E-state index contributed by atoms with van der Waals surface area (Å²) in [5.74, 6) is 0.851. The molecule has 0 saturated heterocycles. The maximum Gasteiger partial charge on any atom is 0.119 e. The third-order valence-electron chi connectivity index (χ3n) is 3.11. The Kier molecular flexibility index (Phi) is 5.32. The van der Waals surface area contributed by atoms with Crippen LogP contribution in [-0.4, -0.2) is 7.11 Å². The number of hydrogen-bond acceptors (Lipinski definition) is 2. The molecule has 0 bridgehead atoms. The van der Waals surface area contributed by atoms with Crippen LogP contribution in [-0.2, 0) is 6.54 Å². The van der Waals surface area contributed by atoms with Crippen molar-refractivity contribution in [3.05, 3.63) is 58.1 Å². The van der Waals surface area contributed by atoms with Gasteiger partial charge in [0.05, 0.1) is 12.5 Å². The first-order chi connectivity index (χ1) is 9.61. The van der Waals surface area contributed by atoms with Gasteiger partial charge in [0.2, 0.25) is 0 Å². The zero-order valence-corrected chi connectivity index (χ0v) is 13.8. The van der Waals surface area contributed by atoms with E-state index in [0.717, 1.165) is 27.0 Å². The minimum Gasteiger partial charge on any atom is -0.497 e. The molecule has 0 amide bonds. The van der Waals surface area contributed by atoms with Gasteiger partial charge in [-0.15, -0.1) is 11.6 Å². The van der Waals surface area contributed by atoms with Crippen molar-refractivity contribution in [2.75, 3.05) is 12.4 Å². The summed E-state index contributed by atoms with van der Waals surface area (Å²) >= 11 is 9.76. The summed E-state index contributed by atoms with van der Waals surface area (Å²) in [5, 5.41) is 3.41. The maximum atomic E-state index is 6.20. The SMILES string of the molecule is COc1ccc(Br)c(CNc2ccccc2C(C)Cl)c1. The van der Waals surface area contributed by atoms with Crippen molar-refractivity contribution < 1.29 is 4.74 Å². The largest absolute Gasteiger partial charge is 0.497 e. The molecule has 0 fully saturated rings. The monoisotopic (exact) mass is 353 g/mol. The molecule has 2 aromatic rings. The molecule has 2 rings (SSSR count). The fourth-order valence-electron chi connectivity index (χ4n) is 2.01. The highest BCUT2D eigenvalue weighted by molar-refractivity contribution is 9.10. The van der Waals surface area contributed by atoms with Crippen molar-refractivity contribution in [2.24, 2.45) is 0 Å². The highest BCUT2D eigenvalue weighted by atomic mass is 79.9. The van der Waals surface area contributed by atoms with E-state index in [4.69, 9.17) is 16.3 Å². The summed E-state index contributed by atoms with van der Waals surface area (Å²) < 4.78 is 6.31. The van der Waals surface area contributed by atoms with Crippen LogP contribution < -0.4 is 10.1 Å². The van der Waals surface area contributed by atoms with E-state index >= 15 is 0 Å². The number of alkyl halides is 1. The molecule has 2 aromatic carbocycles. The lowest BCUT2D eigenvalue weighted by molar-refractivity contribution is 0.414. The van der Waals surface area contributed by atoms with Gasteiger partial charge in [0.25, 0.3) is 0 Å². The molecule has 1 atom stereocenters.